The summed E-state index contributed by atoms with van der Waals surface area (Å²) in [5.74, 6) is 1.34. The Kier molecular flexibility index (Phi) is 4.39. The summed E-state index contributed by atoms with van der Waals surface area (Å²) in [4.78, 5) is 1.33. The van der Waals surface area contributed by atoms with E-state index in [0.29, 0.717) is 10.7 Å². The minimum absolute atomic E-state index is 0.126. The van der Waals surface area contributed by atoms with E-state index in [2.05, 4.69) is 4.72 Å². The molecule has 0 saturated carbocycles. The Bertz CT molecular complexity index is 909. The van der Waals surface area contributed by atoms with E-state index >= 15 is 0 Å². The molecule has 0 spiro atoms. The Morgan fingerprint density at radius 1 is 1.13 bits per heavy atom. The quantitative estimate of drug-likeness (QED) is 0.756. The van der Waals surface area contributed by atoms with Crippen LogP contribution >= 0.6 is 11.3 Å². The first-order valence-corrected chi connectivity index (χ1v) is 9.51. The van der Waals surface area contributed by atoms with Crippen LogP contribution in [0.5, 0.6) is 0 Å². The van der Waals surface area contributed by atoms with Crippen LogP contribution in [0.3, 0.4) is 0 Å². The molecule has 3 rings (SSSR count). The van der Waals surface area contributed by atoms with Gasteiger partial charge in [-0.25, -0.2) is 13.1 Å². The normalized spacial score (nSPS) is 11.7. The molecule has 0 aliphatic rings. The summed E-state index contributed by atoms with van der Waals surface area (Å²) in [5.41, 5.74) is 1.63. The predicted octanol–water partition coefficient (Wildman–Crippen LogP) is 4.10. The van der Waals surface area contributed by atoms with Crippen LogP contribution in [-0.4, -0.2) is 8.42 Å². The number of hydrogen-bond donors (Lipinski definition) is 1. The number of aryl methyl sites for hydroxylation is 2. The minimum atomic E-state index is -3.56. The van der Waals surface area contributed by atoms with Gasteiger partial charge in [0, 0.05) is 0 Å². The zero-order valence-corrected chi connectivity index (χ0v) is 14.5. The van der Waals surface area contributed by atoms with Crippen molar-refractivity contribution >= 4 is 21.4 Å². The van der Waals surface area contributed by atoms with E-state index in [-0.39, 0.29) is 6.54 Å². The Morgan fingerprint density at radius 2 is 1.96 bits per heavy atom. The number of furan rings is 1. The van der Waals surface area contributed by atoms with Gasteiger partial charge in [-0.05, 0) is 54.6 Å². The summed E-state index contributed by atoms with van der Waals surface area (Å²) in [7, 11) is -3.56. The summed E-state index contributed by atoms with van der Waals surface area (Å²) in [6.07, 6.45) is 0. The van der Waals surface area contributed by atoms with Gasteiger partial charge in [0.25, 0.3) is 0 Å². The third-order valence-electron chi connectivity index (χ3n) is 3.50. The van der Waals surface area contributed by atoms with Gasteiger partial charge < -0.3 is 4.42 Å². The van der Waals surface area contributed by atoms with E-state index < -0.39 is 10.0 Å². The number of nitrogens with one attached hydrogen (secondary N) is 1. The number of sulfonamides is 1. The third kappa shape index (κ3) is 3.55. The molecule has 0 bridgehead atoms. The summed E-state index contributed by atoms with van der Waals surface area (Å²) in [6.45, 7) is 3.79. The molecule has 3 aromatic rings. The molecule has 0 radical (unpaired) electrons. The van der Waals surface area contributed by atoms with Crippen LogP contribution in [-0.2, 0) is 16.6 Å². The van der Waals surface area contributed by atoms with Gasteiger partial charge in [0.15, 0.2) is 0 Å². The van der Waals surface area contributed by atoms with Crippen LogP contribution < -0.4 is 4.72 Å². The molecule has 0 atom stereocenters. The SMILES string of the molecule is Cc1ccc(C)c(S(=O)(=O)NCc2ccc(-c3cccs3)o2)c1. The summed E-state index contributed by atoms with van der Waals surface area (Å²) >= 11 is 1.58. The summed E-state index contributed by atoms with van der Waals surface area (Å²) in [5, 5.41) is 1.97. The molecule has 0 amide bonds. The Balaban J connectivity index is 1.76. The second kappa shape index (κ2) is 6.31. The number of rotatable bonds is 5. The van der Waals surface area contributed by atoms with Gasteiger partial charge >= 0.3 is 0 Å². The van der Waals surface area contributed by atoms with Crippen molar-refractivity contribution in [3.8, 4) is 10.6 Å². The summed E-state index contributed by atoms with van der Waals surface area (Å²) < 4.78 is 33.2. The average molecular weight is 347 g/mol. The molecule has 0 fully saturated rings. The topological polar surface area (TPSA) is 59.3 Å². The molecule has 2 aromatic heterocycles. The van der Waals surface area contributed by atoms with E-state index in [4.69, 9.17) is 4.42 Å². The Labute approximate surface area is 139 Å². The molecule has 23 heavy (non-hydrogen) atoms. The van der Waals surface area contributed by atoms with Crippen molar-refractivity contribution < 1.29 is 12.8 Å². The predicted molar refractivity (Wildman–Crippen MR) is 92.0 cm³/mol. The highest BCUT2D eigenvalue weighted by Gasteiger charge is 2.17. The summed E-state index contributed by atoms with van der Waals surface area (Å²) in [6, 6.07) is 12.9. The van der Waals surface area contributed by atoms with Crippen LogP contribution in [0.25, 0.3) is 10.6 Å². The molecular formula is C17H17NO3S2. The van der Waals surface area contributed by atoms with Crippen LogP contribution in [0.2, 0.25) is 0 Å². The second-order valence-electron chi connectivity index (χ2n) is 5.34. The Morgan fingerprint density at radius 3 is 2.70 bits per heavy atom. The number of benzene rings is 1. The molecule has 2 heterocycles. The first kappa shape index (κ1) is 16.0. The molecule has 120 valence electrons. The molecule has 6 heteroatoms. The lowest BCUT2D eigenvalue weighted by Gasteiger charge is -2.09. The van der Waals surface area contributed by atoms with Gasteiger partial charge in [0.1, 0.15) is 11.5 Å². The molecule has 0 saturated heterocycles. The highest BCUT2D eigenvalue weighted by molar-refractivity contribution is 7.89. The maximum atomic E-state index is 12.5. The van der Waals surface area contributed by atoms with Crippen molar-refractivity contribution in [2.45, 2.75) is 25.3 Å². The fraction of sp³-hybridized carbons (Fsp3) is 0.176. The van der Waals surface area contributed by atoms with Crippen LogP contribution in [0.4, 0.5) is 0 Å². The van der Waals surface area contributed by atoms with E-state index in [0.717, 1.165) is 21.8 Å². The lowest BCUT2D eigenvalue weighted by atomic mass is 10.2. The fourth-order valence-corrected chi connectivity index (χ4v) is 4.27. The highest BCUT2D eigenvalue weighted by Crippen LogP contribution is 2.26. The monoisotopic (exact) mass is 347 g/mol. The third-order valence-corrected chi connectivity index (χ3v) is 5.92. The van der Waals surface area contributed by atoms with Gasteiger partial charge in [-0.15, -0.1) is 11.3 Å². The first-order chi connectivity index (χ1) is 11.0. The van der Waals surface area contributed by atoms with Gasteiger partial charge in [-0.3, -0.25) is 0 Å². The zero-order valence-electron chi connectivity index (χ0n) is 12.9. The van der Waals surface area contributed by atoms with Crippen molar-refractivity contribution in [2.24, 2.45) is 0 Å². The maximum absolute atomic E-state index is 12.5. The molecular weight excluding hydrogens is 330 g/mol. The molecule has 0 aliphatic carbocycles. The fourth-order valence-electron chi connectivity index (χ4n) is 2.26. The smallest absolute Gasteiger partial charge is 0.241 e. The van der Waals surface area contributed by atoms with E-state index in [1.54, 1.807) is 30.4 Å². The van der Waals surface area contributed by atoms with Crippen molar-refractivity contribution in [1.82, 2.24) is 4.72 Å². The lowest BCUT2D eigenvalue weighted by molar-refractivity contribution is 0.510. The molecule has 1 aromatic carbocycles. The van der Waals surface area contributed by atoms with Gasteiger partial charge in [-0.2, -0.15) is 0 Å². The largest absolute Gasteiger partial charge is 0.459 e. The zero-order chi connectivity index (χ0) is 16.4. The van der Waals surface area contributed by atoms with Crippen molar-refractivity contribution in [2.75, 3.05) is 0 Å². The lowest BCUT2D eigenvalue weighted by Crippen LogP contribution is -2.23. The van der Waals surface area contributed by atoms with Crippen LogP contribution in [0.1, 0.15) is 16.9 Å². The standard InChI is InChI=1S/C17H17NO3S2/c1-12-5-6-13(2)17(10-12)23(19,20)18-11-14-7-8-15(21-14)16-4-3-9-22-16/h3-10,18H,11H2,1-2H3. The van der Waals surface area contributed by atoms with E-state index in [1.807, 2.05) is 42.6 Å². The highest BCUT2D eigenvalue weighted by atomic mass is 32.2. The second-order valence-corrected chi connectivity index (χ2v) is 8.02. The molecule has 0 aliphatic heterocycles. The maximum Gasteiger partial charge on any atom is 0.241 e. The average Bonchev–Trinajstić information content (AvgIpc) is 3.18. The first-order valence-electron chi connectivity index (χ1n) is 7.15. The van der Waals surface area contributed by atoms with E-state index in [9.17, 15) is 8.42 Å². The van der Waals surface area contributed by atoms with Crippen molar-refractivity contribution in [1.29, 1.82) is 0 Å². The van der Waals surface area contributed by atoms with Gasteiger partial charge in [0.2, 0.25) is 10.0 Å². The van der Waals surface area contributed by atoms with Gasteiger partial charge in [-0.1, -0.05) is 18.2 Å². The van der Waals surface area contributed by atoms with Crippen molar-refractivity contribution in [3.63, 3.8) is 0 Å². The molecule has 4 nitrogen and oxygen atoms in total. The number of thiophene rings is 1. The van der Waals surface area contributed by atoms with Crippen molar-refractivity contribution in [3.05, 3.63) is 64.7 Å². The number of hydrogen-bond acceptors (Lipinski definition) is 4. The molecule has 1 N–H and O–H groups in total. The molecule has 0 unspecified atom stereocenters. The minimum Gasteiger partial charge on any atom is -0.459 e. The van der Waals surface area contributed by atoms with Crippen LogP contribution in [0.15, 0.2) is 57.2 Å². The van der Waals surface area contributed by atoms with Gasteiger partial charge in [0.05, 0.1) is 16.3 Å². The van der Waals surface area contributed by atoms with E-state index in [1.165, 1.54) is 0 Å². The Hall–Kier alpha value is -1.89. The van der Waals surface area contributed by atoms with Crippen LogP contribution in [0, 0.1) is 13.8 Å².